The Morgan fingerprint density at radius 3 is 2.30 bits per heavy atom. The molecule has 4 heteroatoms. The number of likely N-dealkylation sites (N-methyl/N-ethyl adjacent to an activating group) is 1. The average molecular weight is 341 g/mol. The van der Waals surface area contributed by atoms with Gasteiger partial charge in [0.15, 0.2) is 0 Å². The highest BCUT2D eigenvalue weighted by Gasteiger charge is 2.40. The summed E-state index contributed by atoms with van der Waals surface area (Å²) in [6, 6.07) is 8.51. The molecule has 1 heterocycles. The quantitative estimate of drug-likeness (QED) is 0.914. The summed E-state index contributed by atoms with van der Waals surface area (Å²) in [6.07, 6.45) is 2.55. The highest BCUT2D eigenvalue weighted by molar-refractivity contribution is 9.10. The highest BCUT2D eigenvalue weighted by Crippen LogP contribution is 2.33. The number of hydrogen-bond donors (Lipinski definition) is 1. The van der Waals surface area contributed by atoms with Gasteiger partial charge in [0.1, 0.15) is 0 Å². The lowest BCUT2D eigenvalue weighted by atomic mass is 9.82. The largest absolute Gasteiger partial charge is 0.375 e. The van der Waals surface area contributed by atoms with E-state index in [-0.39, 0.29) is 17.7 Å². The van der Waals surface area contributed by atoms with Gasteiger partial charge in [0.25, 0.3) is 0 Å². The number of nitrogens with two attached hydrogens (primary N) is 1. The van der Waals surface area contributed by atoms with Crippen LogP contribution in [0.1, 0.15) is 32.3 Å². The first-order valence-corrected chi connectivity index (χ1v) is 8.06. The zero-order valence-corrected chi connectivity index (χ0v) is 14.2. The van der Waals surface area contributed by atoms with Crippen molar-refractivity contribution in [1.82, 2.24) is 4.90 Å². The van der Waals surface area contributed by atoms with E-state index in [0.717, 1.165) is 23.9 Å². The first kappa shape index (κ1) is 16.0. The monoisotopic (exact) mass is 340 g/mol. The molecule has 1 aromatic rings. The van der Waals surface area contributed by atoms with Crippen molar-refractivity contribution in [3.63, 3.8) is 0 Å². The van der Waals surface area contributed by atoms with Gasteiger partial charge >= 0.3 is 0 Å². The van der Waals surface area contributed by atoms with Gasteiger partial charge in [0, 0.05) is 23.1 Å². The summed E-state index contributed by atoms with van der Waals surface area (Å²) < 4.78 is 6.99. The molecule has 3 nitrogen and oxygen atoms in total. The molecule has 1 aromatic carbocycles. The van der Waals surface area contributed by atoms with E-state index < -0.39 is 0 Å². The number of nitrogens with zero attached hydrogens (tertiary/aromatic N) is 1. The fraction of sp³-hybridized carbons (Fsp3) is 0.625. The third-order valence-corrected chi connectivity index (χ3v) is 4.85. The van der Waals surface area contributed by atoms with Gasteiger partial charge in [-0.3, -0.25) is 4.90 Å². The minimum absolute atomic E-state index is 0.0458. The van der Waals surface area contributed by atoms with Gasteiger partial charge in [-0.2, -0.15) is 0 Å². The minimum atomic E-state index is 0.0458. The number of rotatable bonds is 4. The van der Waals surface area contributed by atoms with Crippen molar-refractivity contribution in [2.45, 2.75) is 51.0 Å². The van der Waals surface area contributed by atoms with Gasteiger partial charge < -0.3 is 10.5 Å². The van der Waals surface area contributed by atoms with Crippen LogP contribution >= 0.6 is 15.9 Å². The predicted molar refractivity (Wildman–Crippen MR) is 86.6 cm³/mol. The summed E-state index contributed by atoms with van der Waals surface area (Å²) >= 11 is 3.48. The summed E-state index contributed by atoms with van der Waals surface area (Å²) in [6.45, 7) is 5.89. The lowest BCUT2D eigenvalue weighted by molar-refractivity contribution is -0.0993. The van der Waals surface area contributed by atoms with Crippen LogP contribution < -0.4 is 5.73 Å². The van der Waals surface area contributed by atoms with Gasteiger partial charge in [-0.1, -0.05) is 28.1 Å². The number of halogens is 1. The molecule has 2 rings (SSSR count). The van der Waals surface area contributed by atoms with Gasteiger partial charge in [0.05, 0.1) is 12.2 Å². The Morgan fingerprint density at radius 2 is 1.80 bits per heavy atom. The third-order valence-electron chi connectivity index (χ3n) is 4.32. The molecule has 0 radical (unpaired) electrons. The van der Waals surface area contributed by atoms with Crippen LogP contribution in [0.2, 0.25) is 0 Å². The predicted octanol–water partition coefficient (Wildman–Crippen LogP) is 3.17. The van der Waals surface area contributed by atoms with E-state index in [0.29, 0.717) is 6.54 Å². The molecule has 1 aliphatic heterocycles. The van der Waals surface area contributed by atoms with Crippen LogP contribution in [0, 0.1) is 0 Å². The third kappa shape index (κ3) is 3.61. The van der Waals surface area contributed by atoms with Gasteiger partial charge in [-0.15, -0.1) is 0 Å². The molecule has 0 bridgehead atoms. The smallest absolute Gasteiger partial charge is 0.0568 e. The van der Waals surface area contributed by atoms with Crippen molar-refractivity contribution in [3.05, 3.63) is 34.3 Å². The standard InChI is InChI=1S/C16H25BrN2O/c1-12-8-16(11-18,9-13(2)20-12)19(3)10-14-4-6-15(17)7-5-14/h4-7,12-13H,8-11,18H2,1-3H3. The average Bonchev–Trinajstić information content (AvgIpc) is 2.40. The molecule has 0 amide bonds. The molecular formula is C16H25BrN2O. The summed E-state index contributed by atoms with van der Waals surface area (Å²) in [5, 5.41) is 0. The summed E-state index contributed by atoms with van der Waals surface area (Å²) in [5.74, 6) is 0. The molecule has 0 aromatic heterocycles. The van der Waals surface area contributed by atoms with E-state index in [9.17, 15) is 0 Å². The lowest BCUT2D eigenvalue weighted by Crippen LogP contribution is -2.58. The van der Waals surface area contributed by atoms with Gasteiger partial charge in [-0.25, -0.2) is 0 Å². The maximum Gasteiger partial charge on any atom is 0.0568 e. The van der Waals surface area contributed by atoms with Crippen LogP contribution in [0.25, 0.3) is 0 Å². The molecule has 0 saturated carbocycles. The molecule has 2 atom stereocenters. The molecule has 1 saturated heterocycles. The van der Waals surface area contributed by atoms with Crippen molar-refractivity contribution in [3.8, 4) is 0 Å². The van der Waals surface area contributed by atoms with Crippen LogP contribution in [0.15, 0.2) is 28.7 Å². The van der Waals surface area contributed by atoms with Crippen molar-refractivity contribution >= 4 is 15.9 Å². The van der Waals surface area contributed by atoms with Crippen LogP contribution in [-0.4, -0.2) is 36.2 Å². The molecule has 112 valence electrons. The van der Waals surface area contributed by atoms with Gasteiger partial charge in [-0.05, 0) is 51.4 Å². The number of hydrogen-bond acceptors (Lipinski definition) is 3. The van der Waals surface area contributed by atoms with Crippen molar-refractivity contribution in [1.29, 1.82) is 0 Å². The highest BCUT2D eigenvalue weighted by atomic mass is 79.9. The summed E-state index contributed by atoms with van der Waals surface area (Å²) in [7, 11) is 2.18. The second-order valence-electron chi connectivity index (χ2n) is 6.08. The molecule has 0 spiro atoms. The Hall–Kier alpha value is -0.420. The van der Waals surface area contributed by atoms with Crippen LogP contribution in [0.5, 0.6) is 0 Å². The van der Waals surface area contributed by atoms with E-state index in [1.807, 2.05) is 0 Å². The molecule has 2 N–H and O–H groups in total. The first-order chi connectivity index (χ1) is 9.45. The second-order valence-corrected chi connectivity index (χ2v) is 6.99. The van der Waals surface area contributed by atoms with Gasteiger partial charge in [0.2, 0.25) is 0 Å². The summed E-state index contributed by atoms with van der Waals surface area (Å²) in [5.41, 5.74) is 7.50. The molecule has 1 fully saturated rings. The summed E-state index contributed by atoms with van der Waals surface area (Å²) in [4.78, 5) is 2.41. The Morgan fingerprint density at radius 1 is 1.25 bits per heavy atom. The maximum atomic E-state index is 6.14. The maximum absolute atomic E-state index is 6.14. The topological polar surface area (TPSA) is 38.5 Å². The second kappa shape index (κ2) is 6.56. The fourth-order valence-corrected chi connectivity index (χ4v) is 3.58. The minimum Gasteiger partial charge on any atom is -0.375 e. The van der Waals surface area contributed by atoms with E-state index in [2.05, 4.69) is 66.0 Å². The Balaban J connectivity index is 2.11. The molecule has 1 aliphatic rings. The number of benzene rings is 1. The molecule has 20 heavy (non-hydrogen) atoms. The van der Waals surface area contributed by atoms with E-state index in [1.165, 1.54) is 5.56 Å². The van der Waals surface area contributed by atoms with E-state index in [4.69, 9.17) is 10.5 Å². The first-order valence-electron chi connectivity index (χ1n) is 7.26. The fourth-order valence-electron chi connectivity index (χ4n) is 3.31. The molecule has 0 aliphatic carbocycles. The number of ether oxygens (including phenoxy) is 1. The van der Waals surface area contributed by atoms with Crippen molar-refractivity contribution in [2.75, 3.05) is 13.6 Å². The van der Waals surface area contributed by atoms with Crippen molar-refractivity contribution in [2.24, 2.45) is 5.73 Å². The lowest BCUT2D eigenvalue weighted by Gasteiger charge is -2.48. The van der Waals surface area contributed by atoms with E-state index >= 15 is 0 Å². The zero-order valence-electron chi connectivity index (χ0n) is 12.6. The van der Waals surface area contributed by atoms with Crippen LogP contribution in [0.3, 0.4) is 0 Å². The Bertz CT molecular complexity index is 425. The Kier molecular flexibility index (Phi) is 5.24. The van der Waals surface area contributed by atoms with Crippen LogP contribution in [-0.2, 0) is 11.3 Å². The molecular weight excluding hydrogens is 316 g/mol. The van der Waals surface area contributed by atoms with Crippen molar-refractivity contribution < 1.29 is 4.74 Å². The Labute approximate surface area is 130 Å². The van der Waals surface area contributed by atoms with E-state index in [1.54, 1.807) is 0 Å². The molecule has 2 unspecified atom stereocenters. The zero-order chi connectivity index (χ0) is 14.8. The normalized spacial score (nSPS) is 30.7. The van der Waals surface area contributed by atoms with Crippen LogP contribution in [0.4, 0.5) is 0 Å². The SMILES string of the molecule is CC1CC(CN)(N(C)Cc2ccc(Br)cc2)CC(C)O1.